The summed E-state index contributed by atoms with van der Waals surface area (Å²) in [6.45, 7) is 2.70. The summed E-state index contributed by atoms with van der Waals surface area (Å²) >= 11 is 0. The summed E-state index contributed by atoms with van der Waals surface area (Å²) in [5.41, 5.74) is 0.757. The Morgan fingerprint density at radius 3 is 2.47 bits per heavy atom. The van der Waals surface area contributed by atoms with Gasteiger partial charge in [0, 0.05) is 0 Å². The molecule has 0 spiro atoms. The minimum atomic E-state index is 0.757. The molecule has 0 nitrogen and oxygen atoms in total. The van der Waals surface area contributed by atoms with E-state index in [1.54, 1.807) is 64.2 Å². The number of hydrogen-bond acceptors (Lipinski definition) is 0. The molecule has 0 aromatic carbocycles. The molecule has 6 unspecified atom stereocenters. The third-order valence-corrected chi connectivity index (χ3v) is 7.45. The minimum absolute atomic E-state index is 0.757. The van der Waals surface area contributed by atoms with E-state index in [0.29, 0.717) is 0 Å². The van der Waals surface area contributed by atoms with Crippen LogP contribution >= 0.6 is 0 Å². The van der Waals surface area contributed by atoms with E-state index >= 15 is 0 Å². The van der Waals surface area contributed by atoms with Gasteiger partial charge in [-0.2, -0.15) is 0 Å². The molecule has 96 valence electrons. The van der Waals surface area contributed by atoms with E-state index in [4.69, 9.17) is 0 Å². The molecular weight excluding hydrogens is 204 g/mol. The lowest BCUT2D eigenvalue weighted by Crippen LogP contribution is -2.41. The van der Waals surface area contributed by atoms with Crippen LogP contribution in [0.5, 0.6) is 0 Å². The van der Waals surface area contributed by atoms with Gasteiger partial charge in [-0.05, 0) is 80.0 Å². The first-order valence-corrected chi connectivity index (χ1v) is 8.25. The molecule has 4 rings (SSSR count). The smallest absolute Gasteiger partial charge is 0.0266 e. The highest BCUT2D eigenvalue weighted by Gasteiger charge is 2.52. The first-order chi connectivity index (χ1) is 8.25. The Hall–Kier alpha value is 0. The average molecular weight is 232 g/mol. The number of fused-ring (bicyclic) bond motifs is 4. The van der Waals surface area contributed by atoms with Gasteiger partial charge in [0.2, 0.25) is 0 Å². The van der Waals surface area contributed by atoms with Crippen molar-refractivity contribution in [1.82, 2.24) is 0 Å². The largest absolute Gasteiger partial charge is 0.0591 e. The molecule has 0 amide bonds. The molecule has 0 aliphatic heterocycles. The van der Waals surface area contributed by atoms with E-state index in [1.165, 1.54) is 0 Å². The zero-order valence-electron chi connectivity index (χ0n) is 11.5. The van der Waals surface area contributed by atoms with Gasteiger partial charge < -0.3 is 0 Å². The lowest BCUT2D eigenvalue weighted by molar-refractivity contribution is -0.0000818. The molecule has 4 bridgehead atoms. The van der Waals surface area contributed by atoms with Crippen molar-refractivity contribution in [3.8, 4) is 0 Å². The number of hydrogen-bond donors (Lipinski definition) is 0. The van der Waals surface area contributed by atoms with Gasteiger partial charge in [0.15, 0.2) is 0 Å². The molecule has 6 atom stereocenters. The van der Waals surface area contributed by atoms with Crippen molar-refractivity contribution >= 4 is 0 Å². The van der Waals surface area contributed by atoms with Gasteiger partial charge in [-0.15, -0.1) is 0 Å². The Kier molecular flexibility index (Phi) is 2.40. The van der Waals surface area contributed by atoms with Crippen LogP contribution in [0.15, 0.2) is 0 Å². The molecule has 0 radical (unpaired) electrons. The molecule has 0 saturated heterocycles. The van der Waals surface area contributed by atoms with Crippen LogP contribution in [0.2, 0.25) is 0 Å². The first kappa shape index (κ1) is 10.9. The van der Waals surface area contributed by atoms with Crippen LogP contribution in [0, 0.1) is 35.0 Å². The summed E-state index contributed by atoms with van der Waals surface area (Å²) in [4.78, 5) is 0. The summed E-state index contributed by atoms with van der Waals surface area (Å²) in [6.07, 6.45) is 15.8. The topological polar surface area (TPSA) is 0 Å². The zero-order valence-corrected chi connectivity index (χ0v) is 11.5. The van der Waals surface area contributed by atoms with E-state index in [-0.39, 0.29) is 0 Å². The van der Waals surface area contributed by atoms with Crippen molar-refractivity contribution in [2.45, 2.75) is 71.1 Å². The van der Waals surface area contributed by atoms with E-state index in [0.717, 1.165) is 35.0 Å². The second-order valence-electron chi connectivity index (χ2n) is 8.04. The Morgan fingerprint density at radius 2 is 1.53 bits per heavy atom. The van der Waals surface area contributed by atoms with Gasteiger partial charge in [-0.25, -0.2) is 0 Å². The van der Waals surface area contributed by atoms with Crippen LogP contribution in [-0.4, -0.2) is 0 Å². The van der Waals surface area contributed by atoms with E-state index < -0.39 is 0 Å². The van der Waals surface area contributed by atoms with Crippen molar-refractivity contribution in [2.75, 3.05) is 0 Å². The Balaban J connectivity index is 1.60. The van der Waals surface area contributed by atoms with E-state index in [2.05, 4.69) is 6.92 Å². The molecule has 0 N–H and O–H groups in total. The summed E-state index contributed by atoms with van der Waals surface area (Å²) < 4.78 is 0. The molecule has 4 saturated carbocycles. The summed E-state index contributed by atoms with van der Waals surface area (Å²) in [5.74, 6) is 5.64. The van der Waals surface area contributed by atoms with E-state index in [1.807, 2.05) is 0 Å². The van der Waals surface area contributed by atoms with Crippen molar-refractivity contribution < 1.29 is 0 Å². The minimum Gasteiger partial charge on any atom is -0.0591 e. The third kappa shape index (κ3) is 1.55. The third-order valence-electron chi connectivity index (χ3n) is 7.45. The maximum atomic E-state index is 2.70. The molecule has 0 heterocycles. The van der Waals surface area contributed by atoms with Gasteiger partial charge in [-0.3, -0.25) is 0 Å². The molecule has 4 fully saturated rings. The van der Waals surface area contributed by atoms with Gasteiger partial charge in [0.1, 0.15) is 0 Å². The quantitative estimate of drug-likeness (QED) is 0.595. The monoisotopic (exact) mass is 232 g/mol. The summed E-state index contributed by atoms with van der Waals surface area (Å²) in [5, 5.41) is 0. The molecule has 0 aromatic heterocycles. The molecule has 0 heteroatoms. The van der Waals surface area contributed by atoms with Gasteiger partial charge in [0.25, 0.3) is 0 Å². The van der Waals surface area contributed by atoms with E-state index in [9.17, 15) is 0 Å². The number of rotatable bonds is 1. The Morgan fingerprint density at radius 1 is 0.765 bits per heavy atom. The van der Waals surface area contributed by atoms with Crippen LogP contribution in [0.4, 0.5) is 0 Å². The normalized spacial score (nSPS) is 57.4. The van der Waals surface area contributed by atoms with Gasteiger partial charge in [0.05, 0.1) is 0 Å². The highest BCUT2D eigenvalue weighted by atomic mass is 14.6. The van der Waals surface area contributed by atoms with Crippen LogP contribution in [0.25, 0.3) is 0 Å². The standard InChI is InChI=1S/C17H28/c1-17(9-8-13-3-6-15(17)11-13)16-7-4-12-2-5-14(16)10-12/h12-16H,2-11H2,1H3. The Bertz CT molecular complexity index is 307. The summed E-state index contributed by atoms with van der Waals surface area (Å²) in [7, 11) is 0. The summed E-state index contributed by atoms with van der Waals surface area (Å²) in [6, 6.07) is 0. The fraction of sp³-hybridized carbons (Fsp3) is 1.00. The molecule has 4 aliphatic carbocycles. The maximum Gasteiger partial charge on any atom is -0.0266 e. The second-order valence-corrected chi connectivity index (χ2v) is 8.04. The fourth-order valence-corrected chi connectivity index (χ4v) is 6.40. The molecule has 0 aromatic rings. The second kappa shape index (κ2) is 3.75. The molecule has 4 aliphatic rings. The maximum absolute atomic E-state index is 2.70. The lowest BCUT2D eigenvalue weighted by atomic mass is 9.56. The zero-order chi connectivity index (χ0) is 11.5. The van der Waals surface area contributed by atoms with Crippen molar-refractivity contribution in [3.63, 3.8) is 0 Å². The SMILES string of the molecule is CC1(C2CCC3CCC2C3)CCC2CCC1C2. The predicted octanol–water partition coefficient (Wildman–Crippen LogP) is 5.03. The lowest BCUT2D eigenvalue weighted by Gasteiger charge is -2.49. The van der Waals surface area contributed by atoms with Gasteiger partial charge in [-0.1, -0.05) is 26.2 Å². The molecular formula is C17H28. The fourth-order valence-electron chi connectivity index (χ4n) is 6.40. The van der Waals surface area contributed by atoms with Crippen LogP contribution in [0.3, 0.4) is 0 Å². The predicted molar refractivity (Wildman–Crippen MR) is 71.7 cm³/mol. The highest BCUT2D eigenvalue weighted by Crippen LogP contribution is 2.61. The molecule has 17 heavy (non-hydrogen) atoms. The Labute approximate surface area is 107 Å². The van der Waals surface area contributed by atoms with Crippen LogP contribution in [0.1, 0.15) is 71.1 Å². The van der Waals surface area contributed by atoms with Crippen molar-refractivity contribution in [1.29, 1.82) is 0 Å². The highest BCUT2D eigenvalue weighted by molar-refractivity contribution is 5.02. The van der Waals surface area contributed by atoms with Crippen molar-refractivity contribution in [3.05, 3.63) is 0 Å². The first-order valence-electron chi connectivity index (χ1n) is 8.25. The van der Waals surface area contributed by atoms with Crippen molar-refractivity contribution in [2.24, 2.45) is 35.0 Å². The van der Waals surface area contributed by atoms with Gasteiger partial charge >= 0.3 is 0 Å². The van der Waals surface area contributed by atoms with Crippen LogP contribution < -0.4 is 0 Å². The van der Waals surface area contributed by atoms with Crippen LogP contribution in [-0.2, 0) is 0 Å². The average Bonchev–Trinajstić information content (AvgIpc) is 2.91.